The van der Waals surface area contributed by atoms with Gasteiger partial charge in [-0.2, -0.15) is 0 Å². The molecule has 4 nitrogen and oxygen atoms in total. The minimum absolute atomic E-state index is 0.481. The number of aromatic nitrogens is 2. The van der Waals surface area contributed by atoms with Gasteiger partial charge in [0, 0.05) is 37.1 Å². The maximum atomic E-state index is 10.2. The fourth-order valence-electron chi connectivity index (χ4n) is 5.03. The molecule has 1 aliphatic rings. The zero-order valence-corrected chi connectivity index (χ0v) is 22.0. The molecule has 1 aliphatic heterocycles. The largest absolute Gasteiger partial charge is 0.390 e. The monoisotopic (exact) mass is 485 g/mol. The third-order valence-electron chi connectivity index (χ3n) is 7.46. The molecule has 0 spiro atoms. The van der Waals surface area contributed by atoms with E-state index in [1.165, 1.54) is 27.1 Å². The molecule has 4 aromatic rings. The smallest absolute Gasteiger partial charge is 0.140 e. The van der Waals surface area contributed by atoms with E-state index in [2.05, 4.69) is 90.4 Å². The zero-order valence-electron chi connectivity index (χ0n) is 21.2. The van der Waals surface area contributed by atoms with Gasteiger partial charge < -0.3 is 14.6 Å². The SMILES string of the molecule is CSc1ccc(-c2nc3c(C)cc(-c4ccc(CCN5CCC(C)(O)CC5)cc4)cc3n2C)cc1. The highest BCUT2D eigenvalue weighted by molar-refractivity contribution is 7.98. The van der Waals surface area contributed by atoms with Crippen LogP contribution in [0.5, 0.6) is 0 Å². The predicted octanol–water partition coefficient (Wildman–Crippen LogP) is 6.33. The predicted molar refractivity (Wildman–Crippen MR) is 148 cm³/mol. The Labute approximate surface area is 213 Å². The summed E-state index contributed by atoms with van der Waals surface area (Å²) in [4.78, 5) is 8.73. The molecule has 0 radical (unpaired) electrons. The highest BCUT2D eigenvalue weighted by atomic mass is 32.2. The molecule has 0 amide bonds. The molecular weight excluding hydrogens is 450 g/mol. The molecule has 35 heavy (non-hydrogen) atoms. The van der Waals surface area contributed by atoms with Gasteiger partial charge in [0.15, 0.2) is 0 Å². The Hall–Kier alpha value is -2.60. The van der Waals surface area contributed by atoms with E-state index in [9.17, 15) is 5.11 Å². The van der Waals surface area contributed by atoms with Crippen LogP contribution in [0.2, 0.25) is 0 Å². The van der Waals surface area contributed by atoms with Gasteiger partial charge in [0.05, 0.1) is 16.6 Å². The van der Waals surface area contributed by atoms with Crippen LogP contribution < -0.4 is 0 Å². The lowest BCUT2D eigenvalue weighted by Crippen LogP contribution is -2.43. The Morgan fingerprint density at radius 2 is 1.60 bits per heavy atom. The van der Waals surface area contributed by atoms with Crippen molar-refractivity contribution in [1.82, 2.24) is 14.5 Å². The summed E-state index contributed by atoms with van der Waals surface area (Å²) in [6.07, 6.45) is 4.88. The summed E-state index contributed by atoms with van der Waals surface area (Å²) in [5.74, 6) is 1.00. The summed E-state index contributed by atoms with van der Waals surface area (Å²) in [5, 5.41) is 10.2. The first kappa shape index (κ1) is 24.1. The second-order valence-corrected chi connectivity index (χ2v) is 11.0. The molecule has 1 saturated heterocycles. The number of benzene rings is 3. The quantitative estimate of drug-likeness (QED) is 0.324. The lowest BCUT2D eigenvalue weighted by molar-refractivity contribution is -0.00491. The molecule has 0 bridgehead atoms. The van der Waals surface area contributed by atoms with Gasteiger partial charge in [-0.15, -0.1) is 11.8 Å². The Balaban J connectivity index is 1.34. The number of rotatable bonds is 6. The molecule has 1 N–H and O–H groups in total. The minimum Gasteiger partial charge on any atom is -0.390 e. The van der Waals surface area contributed by atoms with Crippen LogP contribution in [0.3, 0.4) is 0 Å². The molecule has 3 aromatic carbocycles. The standard InChI is InChI=1S/C30H35N3OS/c1-21-19-25(20-27-28(21)31-29(32(27)3)24-9-11-26(35-4)12-10-24)23-7-5-22(6-8-23)13-16-33-17-14-30(2,34)15-18-33/h5-12,19-20,34H,13-18H2,1-4H3. The molecule has 1 fully saturated rings. The molecule has 5 rings (SSSR count). The number of aliphatic hydroxyl groups is 1. The number of fused-ring (bicyclic) bond motifs is 1. The Kier molecular flexibility index (Phi) is 6.75. The number of piperidine rings is 1. The first-order valence-electron chi connectivity index (χ1n) is 12.5. The van der Waals surface area contributed by atoms with E-state index in [0.717, 1.165) is 61.3 Å². The van der Waals surface area contributed by atoms with Gasteiger partial charge in [-0.3, -0.25) is 0 Å². The Bertz CT molecular complexity index is 1310. The summed E-state index contributed by atoms with van der Waals surface area (Å²) < 4.78 is 2.21. The number of aryl methyl sites for hydroxylation is 2. The number of likely N-dealkylation sites (tertiary alicyclic amines) is 1. The molecule has 182 valence electrons. The van der Waals surface area contributed by atoms with E-state index in [0.29, 0.717) is 0 Å². The van der Waals surface area contributed by atoms with Crippen molar-refractivity contribution >= 4 is 22.8 Å². The van der Waals surface area contributed by atoms with Crippen LogP contribution in [0.1, 0.15) is 30.9 Å². The van der Waals surface area contributed by atoms with Crippen molar-refractivity contribution in [1.29, 1.82) is 0 Å². The van der Waals surface area contributed by atoms with Crippen LogP contribution in [0, 0.1) is 6.92 Å². The average Bonchev–Trinajstić information content (AvgIpc) is 3.20. The number of thioether (sulfide) groups is 1. The summed E-state index contributed by atoms with van der Waals surface area (Å²) >= 11 is 1.76. The van der Waals surface area contributed by atoms with Crippen LogP contribution in [0.15, 0.2) is 65.6 Å². The molecular formula is C30H35N3OS. The van der Waals surface area contributed by atoms with Crippen molar-refractivity contribution in [2.24, 2.45) is 7.05 Å². The number of hydrogen-bond donors (Lipinski definition) is 1. The van der Waals surface area contributed by atoms with Crippen LogP contribution in [0.25, 0.3) is 33.5 Å². The van der Waals surface area contributed by atoms with Crippen molar-refractivity contribution in [2.75, 3.05) is 25.9 Å². The number of hydrogen-bond acceptors (Lipinski definition) is 4. The summed E-state index contributed by atoms with van der Waals surface area (Å²) in [6.45, 7) is 7.13. The van der Waals surface area contributed by atoms with Crippen LogP contribution in [-0.2, 0) is 13.5 Å². The van der Waals surface area contributed by atoms with E-state index in [1.807, 2.05) is 6.92 Å². The highest BCUT2D eigenvalue weighted by Crippen LogP contribution is 2.31. The molecule has 1 aromatic heterocycles. The fourth-order valence-corrected chi connectivity index (χ4v) is 5.44. The second-order valence-electron chi connectivity index (χ2n) is 10.2. The maximum absolute atomic E-state index is 10.2. The lowest BCUT2D eigenvalue weighted by Gasteiger charge is -2.35. The van der Waals surface area contributed by atoms with E-state index < -0.39 is 5.60 Å². The van der Waals surface area contributed by atoms with Gasteiger partial charge in [0.2, 0.25) is 0 Å². The maximum Gasteiger partial charge on any atom is 0.140 e. The van der Waals surface area contributed by atoms with Gasteiger partial charge in [0.1, 0.15) is 5.82 Å². The summed E-state index contributed by atoms with van der Waals surface area (Å²) in [6, 6.07) is 22.2. The van der Waals surface area contributed by atoms with Crippen LogP contribution >= 0.6 is 11.8 Å². The van der Waals surface area contributed by atoms with Gasteiger partial charge in [-0.1, -0.05) is 36.4 Å². The topological polar surface area (TPSA) is 41.3 Å². The zero-order chi connectivity index (χ0) is 24.6. The van der Waals surface area contributed by atoms with E-state index in [1.54, 1.807) is 11.8 Å². The Morgan fingerprint density at radius 3 is 2.26 bits per heavy atom. The second kappa shape index (κ2) is 9.81. The van der Waals surface area contributed by atoms with Crippen LogP contribution in [0.4, 0.5) is 0 Å². The van der Waals surface area contributed by atoms with Crippen molar-refractivity contribution in [3.05, 3.63) is 71.8 Å². The normalized spacial score (nSPS) is 16.1. The minimum atomic E-state index is -0.481. The highest BCUT2D eigenvalue weighted by Gasteiger charge is 2.26. The molecule has 2 heterocycles. The fraction of sp³-hybridized carbons (Fsp3) is 0.367. The summed E-state index contributed by atoms with van der Waals surface area (Å²) in [5.41, 5.74) is 7.91. The molecule has 0 aliphatic carbocycles. The first-order chi connectivity index (χ1) is 16.8. The van der Waals surface area contributed by atoms with Gasteiger partial charge in [-0.05, 0) is 85.9 Å². The van der Waals surface area contributed by atoms with Gasteiger partial charge in [0.25, 0.3) is 0 Å². The number of nitrogens with zero attached hydrogens (tertiary/aromatic N) is 3. The number of imidazole rings is 1. The average molecular weight is 486 g/mol. The van der Waals surface area contributed by atoms with Gasteiger partial charge >= 0.3 is 0 Å². The molecule has 5 heteroatoms. The summed E-state index contributed by atoms with van der Waals surface area (Å²) in [7, 11) is 2.11. The lowest BCUT2D eigenvalue weighted by atomic mass is 9.93. The van der Waals surface area contributed by atoms with Crippen molar-refractivity contribution < 1.29 is 5.11 Å². The van der Waals surface area contributed by atoms with Gasteiger partial charge in [-0.25, -0.2) is 4.98 Å². The Morgan fingerprint density at radius 1 is 0.943 bits per heavy atom. The third kappa shape index (κ3) is 5.18. The van der Waals surface area contributed by atoms with E-state index in [4.69, 9.17) is 4.98 Å². The third-order valence-corrected chi connectivity index (χ3v) is 8.21. The van der Waals surface area contributed by atoms with Crippen molar-refractivity contribution in [2.45, 2.75) is 43.6 Å². The van der Waals surface area contributed by atoms with E-state index >= 15 is 0 Å². The first-order valence-corrected chi connectivity index (χ1v) is 13.7. The van der Waals surface area contributed by atoms with Crippen molar-refractivity contribution in [3.8, 4) is 22.5 Å². The molecule has 0 atom stereocenters. The molecule has 0 unspecified atom stereocenters. The van der Waals surface area contributed by atoms with Crippen molar-refractivity contribution in [3.63, 3.8) is 0 Å². The van der Waals surface area contributed by atoms with Crippen LogP contribution in [-0.4, -0.2) is 51.0 Å². The van der Waals surface area contributed by atoms with E-state index in [-0.39, 0.29) is 0 Å². The molecule has 0 saturated carbocycles.